The quantitative estimate of drug-likeness (QED) is 0.573. The minimum absolute atomic E-state index is 0.512. The zero-order valence-electron chi connectivity index (χ0n) is 6.00. The maximum Gasteiger partial charge on any atom is 0.120 e. The molecular weight excluding hydrogens is 136 g/mol. The van der Waals surface area contributed by atoms with Crippen molar-refractivity contribution in [2.75, 3.05) is 0 Å². The number of hydrogen-bond donors (Lipinski definition) is 0. The fraction of sp³-hybridized carbons (Fsp3) is 0.100. The molecule has 1 heterocycles. The molecule has 0 aromatic carbocycles. The van der Waals surface area contributed by atoms with E-state index >= 15 is 0 Å². The van der Waals surface area contributed by atoms with Crippen molar-refractivity contribution in [2.24, 2.45) is 0 Å². The summed E-state index contributed by atoms with van der Waals surface area (Å²) in [6, 6.07) is 3.62. The van der Waals surface area contributed by atoms with Gasteiger partial charge in [0, 0.05) is 0 Å². The van der Waals surface area contributed by atoms with Crippen LogP contribution < -0.4 is 0 Å². The fourth-order valence-electron chi connectivity index (χ4n) is 0.750. The number of furan rings is 1. The normalized spacial score (nSPS) is 8.55. The van der Waals surface area contributed by atoms with Gasteiger partial charge in [-0.15, -0.1) is 12.8 Å². The van der Waals surface area contributed by atoms with Crippen molar-refractivity contribution in [3.8, 4) is 24.7 Å². The largest absolute Gasteiger partial charge is 0.464 e. The summed E-state index contributed by atoms with van der Waals surface area (Å²) >= 11 is 0. The second kappa shape index (κ2) is 3.54. The summed E-state index contributed by atoms with van der Waals surface area (Å²) in [5, 5.41) is 0. The van der Waals surface area contributed by atoms with Gasteiger partial charge < -0.3 is 4.42 Å². The van der Waals surface area contributed by atoms with E-state index in [9.17, 15) is 0 Å². The van der Waals surface area contributed by atoms with E-state index in [1.807, 2.05) is 6.07 Å². The van der Waals surface area contributed by atoms with Gasteiger partial charge in [-0.1, -0.05) is 11.8 Å². The Morgan fingerprint density at radius 3 is 2.91 bits per heavy atom. The first-order chi connectivity index (χ1) is 5.36. The summed E-state index contributed by atoms with van der Waals surface area (Å²) < 4.78 is 5.22. The van der Waals surface area contributed by atoms with Crippen molar-refractivity contribution in [1.82, 2.24) is 0 Å². The summed E-state index contributed by atoms with van der Waals surface area (Å²) in [6.07, 6.45) is 12.2. The average molecular weight is 143 g/mol. The molecule has 1 heteroatoms. The Morgan fingerprint density at radius 2 is 2.27 bits per heavy atom. The van der Waals surface area contributed by atoms with Crippen LogP contribution >= 0.6 is 0 Å². The summed E-state index contributed by atoms with van der Waals surface area (Å²) in [6.45, 7) is 0. The Balaban J connectivity index is 2.69. The van der Waals surface area contributed by atoms with Gasteiger partial charge in [0.1, 0.15) is 11.5 Å². The highest BCUT2D eigenvalue weighted by atomic mass is 16.3. The zero-order valence-corrected chi connectivity index (χ0v) is 6.00. The molecule has 0 fully saturated rings. The third-order valence-corrected chi connectivity index (χ3v) is 1.18. The first kappa shape index (κ1) is 7.51. The molecule has 0 saturated heterocycles. The molecule has 1 aromatic rings. The minimum atomic E-state index is 0.512. The van der Waals surface area contributed by atoms with Gasteiger partial charge in [-0.25, -0.2) is 0 Å². The monoisotopic (exact) mass is 143 g/mol. The van der Waals surface area contributed by atoms with E-state index in [0.717, 1.165) is 5.76 Å². The van der Waals surface area contributed by atoms with Gasteiger partial charge in [-0.3, -0.25) is 0 Å². The van der Waals surface area contributed by atoms with Crippen molar-refractivity contribution >= 4 is 0 Å². The average Bonchev–Trinajstić information content (AvgIpc) is 2.38. The zero-order chi connectivity index (χ0) is 8.10. The molecule has 0 bridgehead atoms. The van der Waals surface area contributed by atoms with E-state index in [0.29, 0.717) is 12.2 Å². The molecule has 1 nitrogen and oxygen atoms in total. The van der Waals surface area contributed by atoms with Crippen LogP contribution in [0.1, 0.15) is 11.5 Å². The Labute approximate surface area is 66.4 Å². The lowest BCUT2D eigenvalue weighted by Gasteiger charge is -1.86. The van der Waals surface area contributed by atoms with Crippen LogP contribution in [0.3, 0.4) is 0 Å². The van der Waals surface area contributed by atoms with Crippen LogP contribution in [0.15, 0.2) is 16.5 Å². The van der Waals surface area contributed by atoms with Crippen molar-refractivity contribution < 1.29 is 4.42 Å². The molecule has 1 rings (SSSR count). The molecule has 0 aliphatic rings. The van der Waals surface area contributed by atoms with Crippen LogP contribution in [0.2, 0.25) is 0 Å². The highest BCUT2D eigenvalue weighted by Crippen LogP contribution is 2.09. The summed E-state index contributed by atoms with van der Waals surface area (Å²) in [4.78, 5) is 0. The molecule has 0 aliphatic heterocycles. The van der Waals surface area contributed by atoms with Crippen LogP contribution in [0.25, 0.3) is 0 Å². The van der Waals surface area contributed by atoms with E-state index in [1.165, 1.54) is 0 Å². The van der Waals surface area contributed by atoms with Crippen molar-refractivity contribution in [2.45, 2.75) is 6.42 Å². The second-order valence-corrected chi connectivity index (χ2v) is 2.00. The van der Waals surface area contributed by atoms with E-state index in [2.05, 4.69) is 11.8 Å². The summed E-state index contributed by atoms with van der Waals surface area (Å²) in [5.74, 6) is 6.30. The third kappa shape index (κ3) is 1.92. The summed E-state index contributed by atoms with van der Waals surface area (Å²) in [5.41, 5.74) is 0. The fourth-order valence-corrected chi connectivity index (χ4v) is 0.750. The highest BCUT2D eigenvalue weighted by Gasteiger charge is 1.98. The predicted molar refractivity (Wildman–Crippen MR) is 43.5 cm³/mol. The number of terminal acetylenes is 2. The molecule has 11 heavy (non-hydrogen) atoms. The van der Waals surface area contributed by atoms with E-state index in [4.69, 9.17) is 17.3 Å². The topological polar surface area (TPSA) is 13.1 Å². The van der Waals surface area contributed by atoms with Crippen LogP contribution in [-0.2, 0) is 6.42 Å². The van der Waals surface area contributed by atoms with E-state index in [-0.39, 0.29) is 0 Å². The third-order valence-electron chi connectivity index (χ3n) is 1.18. The van der Waals surface area contributed by atoms with Crippen LogP contribution in [0.5, 0.6) is 0 Å². The van der Waals surface area contributed by atoms with Crippen LogP contribution in [-0.4, -0.2) is 0 Å². The molecule has 1 radical (unpaired) electrons. The van der Waals surface area contributed by atoms with Gasteiger partial charge in [0.25, 0.3) is 0 Å². The van der Waals surface area contributed by atoms with Gasteiger partial charge in [-0.2, -0.15) is 0 Å². The molecule has 53 valence electrons. The van der Waals surface area contributed by atoms with Gasteiger partial charge in [0.15, 0.2) is 0 Å². The van der Waals surface area contributed by atoms with Gasteiger partial charge in [0.2, 0.25) is 0 Å². The van der Waals surface area contributed by atoms with Crippen LogP contribution in [0, 0.1) is 31.1 Å². The number of rotatable bonds is 2. The smallest absolute Gasteiger partial charge is 0.120 e. The molecule has 0 aliphatic carbocycles. The molecule has 0 atom stereocenters. The van der Waals surface area contributed by atoms with Crippen molar-refractivity contribution in [3.63, 3.8) is 0 Å². The Morgan fingerprint density at radius 1 is 1.45 bits per heavy atom. The first-order valence-electron chi connectivity index (χ1n) is 3.18. The maximum atomic E-state index is 5.22. The van der Waals surface area contributed by atoms with Gasteiger partial charge >= 0.3 is 0 Å². The highest BCUT2D eigenvalue weighted by molar-refractivity contribution is 5.24. The lowest BCUT2D eigenvalue weighted by molar-refractivity contribution is 0.505. The molecule has 1 aromatic heterocycles. The standard InChI is InChI=1S/C10H7O/c1-3-5-9-7-8-10(11-9)6-4-2/h1-2,5,7-8H,6H2. The molecule has 0 saturated carbocycles. The lowest BCUT2D eigenvalue weighted by Crippen LogP contribution is -1.73. The van der Waals surface area contributed by atoms with Crippen molar-refractivity contribution in [3.05, 3.63) is 30.1 Å². The van der Waals surface area contributed by atoms with Gasteiger partial charge in [-0.05, 0) is 12.1 Å². The van der Waals surface area contributed by atoms with Crippen LogP contribution in [0.4, 0.5) is 0 Å². The van der Waals surface area contributed by atoms with E-state index in [1.54, 1.807) is 12.5 Å². The number of hydrogen-bond acceptors (Lipinski definition) is 1. The predicted octanol–water partition coefficient (Wildman–Crippen LogP) is 1.64. The Bertz CT molecular complexity index is 276. The molecule has 0 amide bonds. The summed E-state index contributed by atoms with van der Waals surface area (Å²) in [7, 11) is 0. The van der Waals surface area contributed by atoms with E-state index < -0.39 is 0 Å². The Kier molecular flexibility index (Phi) is 2.42. The molecular formula is C10H7O. The van der Waals surface area contributed by atoms with Gasteiger partial charge in [0.05, 0.1) is 12.8 Å². The first-order valence-corrected chi connectivity index (χ1v) is 3.18. The molecule has 0 unspecified atom stereocenters. The minimum Gasteiger partial charge on any atom is -0.464 e. The Hall–Kier alpha value is -1.60. The molecule has 0 spiro atoms. The maximum absolute atomic E-state index is 5.22. The SMILES string of the molecule is C#C[CH]c1ccc(CC#C)o1. The second-order valence-electron chi connectivity index (χ2n) is 2.00. The lowest BCUT2D eigenvalue weighted by atomic mass is 10.3. The molecule has 0 N–H and O–H groups in total. The van der Waals surface area contributed by atoms with Crippen molar-refractivity contribution in [1.29, 1.82) is 0 Å².